The second-order valence-electron chi connectivity index (χ2n) is 8.07. The van der Waals surface area contributed by atoms with Crippen molar-refractivity contribution in [2.75, 3.05) is 0 Å². The fourth-order valence-electron chi connectivity index (χ4n) is 6.10. The predicted octanol–water partition coefficient (Wildman–Crippen LogP) is 4.64. The molecule has 0 nitrogen and oxygen atoms in total. The zero-order valence-corrected chi connectivity index (χ0v) is 10.9. The van der Waals surface area contributed by atoms with Crippen LogP contribution in [0, 0.1) is 28.1 Å². The van der Waals surface area contributed by atoms with Gasteiger partial charge in [-0.05, 0) is 66.6 Å². The first-order valence-corrected chi connectivity index (χ1v) is 6.87. The van der Waals surface area contributed by atoms with Crippen molar-refractivity contribution in [3.05, 3.63) is 0 Å². The molecule has 0 amide bonds. The molecule has 0 heteroatoms. The van der Waals surface area contributed by atoms with Gasteiger partial charge in [-0.15, -0.1) is 0 Å². The standard InChI is InChI=1S/C15H26/c1-11(2)12-7-14(4)8-13(3)5-6-15(12,9-13)10-14/h11-12H,5-10H2,1-4H3. The van der Waals surface area contributed by atoms with E-state index in [2.05, 4.69) is 27.7 Å². The summed E-state index contributed by atoms with van der Waals surface area (Å²) in [5.74, 6) is 1.94. The summed E-state index contributed by atoms with van der Waals surface area (Å²) >= 11 is 0. The van der Waals surface area contributed by atoms with E-state index in [9.17, 15) is 0 Å². The van der Waals surface area contributed by atoms with Gasteiger partial charge in [0.1, 0.15) is 0 Å². The van der Waals surface area contributed by atoms with E-state index in [4.69, 9.17) is 0 Å². The van der Waals surface area contributed by atoms with Crippen LogP contribution in [0.4, 0.5) is 0 Å². The van der Waals surface area contributed by atoms with Gasteiger partial charge in [-0.3, -0.25) is 0 Å². The first-order valence-electron chi connectivity index (χ1n) is 6.87. The molecule has 3 aliphatic rings. The van der Waals surface area contributed by atoms with Crippen molar-refractivity contribution in [3.8, 4) is 0 Å². The van der Waals surface area contributed by atoms with Crippen molar-refractivity contribution in [1.29, 1.82) is 0 Å². The maximum Gasteiger partial charge on any atom is -0.0256 e. The van der Waals surface area contributed by atoms with Gasteiger partial charge >= 0.3 is 0 Å². The van der Waals surface area contributed by atoms with Crippen LogP contribution in [0.25, 0.3) is 0 Å². The van der Waals surface area contributed by atoms with Crippen molar-refractivity contribution in [1.82, 2.24) is 0 Å². The Morgan fingerprint density at radius 3 is 2.27 bits per heavy atom. The van der Waals surface area contributed by atoms with E-state index in [1.54, 1.807) is 19.3 Å². The second kappa shape index (κ2) is 2.63. The van der Waals surface area contributed by atoms with Crippen LogP contribution in [0.5, 0.6) is 0 Å². The third-order valence-electron chi connectivity index (χ3n) is 5.94. The molecular formula is C15H26. The summed E-state index contributed by atoms with van der Waals surface area (Å²) in [5, 5.41) is 0. The minimum Gasteiger partial charge on any atom is -0.0625 e. The highest BCUT2D eigenvalue weighted by Crippen LogP contribution is 2.73. The molecule has 0 aromatic carbocycles. The van der Waals surface area contributed by atoms with E-state index in [0.29, 0.717) is 5.41 Å². The van der Waals surface area contributed by atoms with Gasteiger partial charge in [0.15, 0.2) is 0 Å². The van der Waals surface area contributed by atoms with E-state index in [0.717, 1.165) is 22.7 Å². The number of fused-ring (bicyclic) bond motifs is 2. The minimum absolute atomic E-state index is 0.707. The summed E-state index contributed by atoms with van der Waals surface area (Å²) in [6, 6.07) is 0. The van der Waals surface area contributed by atoms with Crippen LogP contribution in [-0.4, -0.2) is 0 Å². The third kappa shape index (κ3) is 1.26. The quantitative estimate of drug-likeness (QED) is 0.586. The smallest absolute Gasteiger partial charge is 0.0256 e. The molecule has 3 fully saturated rings. The summed E-state index contributed by atoms with van der Waals surface area (Å²) in [6.07, 6.45) is 9.22. The van der Waals surface area contributed by atoms with Crippen LogP contribution in [0.1, 0.15) is 66.2 Å². The van der Waals surface area contributed by atoms with Crippen LogP contribution < -0.4 is 0 Å². The van der Waals surface area contributed by atoms with Crippen molar-refractivity contribution in [2.24, 2.45) is 28.1 Å². The lowest BCUT2D eigenvalue weighted by atomic mass is 9.63. The molecule has 0 aromatic rings. The normalized spacial score (nSPS) is 57.8. The summed E-state index contributed by atoms with van der Waals surface area (Å²) in [6.45, 7) is 10.1. The zero-order valence-electron chi connectivity index (χ0n) is 10.9. The molecule has 15 heavy (non-hydrogen) atoms. The molecule has 0 N–H and O–H groups in total. The first kappa shape index (κ1) is 10.2. The van der Waals surface area contributed by atoms with Crippen molar-refractivity contribution < 1.29 is 0 Å². The molecule has 4 atom stereocenters. The molecule has 3 aliphatic carbocycles. The molecule has 4 unspecified atom stereocenters. The van der Waals surface area contributed by atoms with E-state index >= 15 is 0 Å². The van der Waals surface area contributed by atoms with Crippen LogP contribution in [-0.2, 0) is 0 Å². The molecular weight excluding hydrogens is 180 g/mol. The zero-order chi connectivity index (χ0) is 10.9. The molecule has 0 aliphatic heterocycles. The Morgan fingerprint density at radius 1 is 0.933 bits per heavy atom. The minimum atomic E-state index is 0.707. The Labute approximate surface area is 94.8 Å². The Balaban J connectivity index is 2.01. The maximum absolute atomic E-state index is 2.58. The molecule has 0 heterocycles. The molecule has 1 spiro atoms. The monoisotopic (exact) mass is 206 g/mol. The van der Waals surface area contributed by atoms with E-state index in [-0.39, 0.29) is 0 Å². The fourth-order valence-corrected chi connectivity index (χ4v) is 6.10. The average molecular weight is 206 g/mol. The van der Waals surface area contributed by atoms with Gasteiger partial charge in [0.05, 0.1) is 0 Å². The van der Waals surface area contributed by atoms with Gasteiger partial charge in [-0.2, -0.15) is 0 Å². The Kier molecular flexibility index (Phi) is 1.78. The second-order valence-corrected chi connectivity index (χ2v) is 8.07. The molecule has 3 rings (SSSR count). The SMILES string of the molecule is CC(C)C1CC2(C)CC3(C)CCC1(C3)C2. The van der Waals surface area contributed by atoms with Gasteiger partial charge in [0, 0.05) is 0 Å². The lowest BCUT2D eigenvalue weighted by Crippen LogP contribution is -2.32. The highest BCUT2D eigenvalue weighted by atomic mass is 14.7. The van der Waals surface area contributed by atoms with Crippen LogP contribution in [0.3, 0.4) is 0 Å². The molecule has 3 bridgehead atoms. The highest BCUT2D eigenvalue weighted by molar-refractivity contribution is 5.13. The van der Waals surface area contributed by atoms with Gasteiger partial charge in [0.25, 0.3) is 0 Å². The van der Waals surface area contributed by atoms with E-state index in [1.165, 1.54) is 19.3 Å². The summed E-state index contributed by atoms with van der Waals surface area (Å²) < 4.78 is 0. The summed E-state index contributed by atoms with van der Waals surface area (Å²) in [5.41, 5.74) is 2.20. The topological polar surface area (TPSA) is 0 Å². The Bertz CT molecular complexity index is 288. The van der Waals surface area contributed by atoms with Gasteiger partial charge in [-0.1, -0.05) is 27.7 Å². The number of hydrogen-bond donors (Lipinski definition) is 0. The lowest BCUT2D eigenvalue weighted by molar-refractivity contribution is 0.0822. The molecule has 3 saturated carbocycles. The van der Waals surface area contributed by atoms with Crippen molar-refractivity contribution in [3.63, 3.8) is 0 Å². The van der Waals surface area contributed by atoms with Crippen molar-refractivity contribution in [2.45, 2.75) is 66.2 Å². The van der Waals surface area contributed by atoms with Crippen LogP contribution in [0.15, 0.2) is 0 Å². The van der Waals surface area contributed by atoms with E-state index < -0.39 is 0 Å². The average Bonchev–Trinajstić information content (AvgIpc) is 2.45. The maximum atomic E-state index is 2.58. The lowest BCUT2D eigenvalue weighted by Gasteiger charge is -2.42. The van der Waals surface area contributed by atoms with Crippen LogP contribution >= 0.6 is 0 Å². The molecule has 0 aromatic heterocycles. The molecule has 0 radical (unpaired) electrons. The molecule has 0 saturated heterocycles. The van der Waals surface area contributed by atoms with Crippen LogP contribution in [0.2, 0.25) is 0 Å². The Hall–Kier alpha value is 0. The molecule has 86 valence electrons. The van der Waals surface area contributed by atoms with Gasteiger partial charge in [-0.25, -0.2) is 0 Å². The van der Waals surface area contributed by atoms with E-state index in [1.807, 2.05) is 0 Å². The summed E-state index contributed by atoms with van der Waals surface area (Å²) in [4.78, 5) is 0. The van der Waals surface area contributed by atoms with Gasteiger partial charge < -0.3 is 0 Å². The fraction of sp³-hybridized carbons (Fsp3) is 1.00. The predicted molar refractivity (Wildman–Crippen MR) is 64.7 cm³/mol. The summed E-state index contributed by atoms with van der Waals surface area (Å²) in [7, 11) is 0. The van der Waals surface area contributed by atoms with Crippen molar-refractivity contribution >= 4 is 0 Å². The number of hydrogen-bond acceptors (Lipinski definition) is 0. The first-order chi connectivity index (χ1) is 6.87. The highest BCUT2D eigenvalue weighted by Gasteiger charge is 2.63. The largest absolute Gasteiger partial charge is 0.0625 e. The third-order valence-corrected chi connectivity index (χ3v) is 5.94. The number of rotatable bonds is 1. The Morgan fingerprint density at radius 2 is 1.60 bits per heavy atom. The van der Waals surface area contributed by atoms with Gasteiger partial charge in [0.2, 0.25) is 0 Å².